The molecule has 0 atom stereocenters. The molecule has 3 nitrogen and oxygen atoms in total. The Bertz CT molecular complexity index is 304. The Labute approximate surface area is 81.0 Å². The van der Waals surface area contributed by atoms with Crippen LogP contribution in [0.25, 0.3) is 0 Å². The van der Waals surface area contributed by atoms with Gasteiger partial charge in [0.15, 0.2) is 5.06 Å². The Kier molecular flexibility index (Phi) is 3.31. The third kappa shape index (κ3) is 2.45. The van der Waals surface area contributed by atoms with Crippen LogP contribution in [0.5, 0.6) is 5.06 Å². The van der Waals surface area contributed by atoms with Crippen molar-refractivity contribution >= 4 is 17.3 Å². The first-order chi connectivity index (χ1) is 6.15. The number of aromatic carboxylic acids is 1. The van der Waals surface area contributed by atoms with Gasteiger partial charge >= 0.3 is 5.97 Å². The largest absolute Gasteiger partial charge is 0.484 e. The summed E-state index contributed by atoms with van der Waals surface area (Å²) in [6.45, 7) is 4.43. The number of thiophene rings is 1. The fraction of sp³-hybridized carbons (Fsp3) is 0.444. The van der Waals surface area contributed by atoms with Gasteiger partial charge in [-0.15, -0.1) is 0 Å². The SMILES string of the molecule is CCCOc1cc(C)c(C(=O)O)s1. The minimum atomic E-state index is -0.881. The van der Waals surface area contributed by atoms with E-state index in [1.165, 1.54) is 11.3 Å². The zero-order valence-electron chi connectivity index (χ0n) is 7.66. The predicted molar refractivity (Wildman–Crippen MR) is 51.8 cm³/mol. The van der Waals surface area contributed by atoms with Crippen LogP contribution in [0.2, 0.25) is 0 Å². The van der Waals surface area contributed by atoms with Crippen LogP contribution in [0.15, 0.2) is 6.07 Å². The number of carboxylic acids is 1. The van der Waals surface area contributed by atoms with Crippen LogP contribution in [0.4, 0.5) is 0 Å². The molecule has 0 aliphatic heterocycles. The number of hydrogen-bond acceptors (Lipinski definition) is 3. The Balaban J connectivity index is 2.76. The van der Waals surface area contributed by atoms with Crippen molar-refractivity contribution in [3.05, 3.63) is 16.5 Å². The van der Waals surface area contributed by atoms with Gasteiger partial charge < -0.3 is 9.84 Å². The molecule has 1 aromatic heterocycles. The molecule has 72 valence electrons. The van der Waals surface area contributed by atoms with Crippen molar-refractivity contribution < 1.29 is 14.6 Å². The highest BCUT2D eigenvalue weighted by molar-refractivity contribution is 7.15. The van der Waals surface area contributed by atoms with Crippen molar-refractivity contribution in [2.24, 2.45) is 0 Å². The van der Waals surface area contributed by atoms with E-state index in [9.17, 15) is 4.79 Å². The van der Waals surface area contributed by atoms with Gasteiger partial charge in [0.05, 0.1) is 6.61 Å². The molecule has 0 aliphatic rings. The normalized spacial score (nSPS) is 10.0. The van der Waals surface area contributed by atoms with E-state index in [4.69, 9.17) is 9.84 Å². The first-order valence-electron chi connectivity index (χ1n) is 4.11. The fourth-order valence-corrected chi connectivity index (χ4v) is 1.83. The van der Waals surface area contributed by atoms with Gasteiger partial charge in [0.2, 0.25) is 0 Å². The summed E-state index contributed by atoms with van der Waals surface area (Å²) in [7, 11) is 0. The number of carbonyl (C=O) groups is 1. The van der Waals surface area contributed by atoms with Gasteiger partial charge in [0.1, 0.15) is 4.88 Å². The molecule has 0 radical (unpaired) electrons. The van der Waals surface area contributed by atoms with Crippen LogP contribution >= 0.6 is 11.3 Å². The van der Waals surface area contributed by atoms with E-state index in [1.807, 2.05) is 6.92 Å². The summed E-state index contributed by atoms with van der Waals surface area (Å²) in [6.07, 6.45) is 0.930. The third-order valence-electron chi connectivity index (χ3n) is 1.54. The first kappa shape index (κ1) is 10.1. The molecule has 0 saturated carbocycles. The molecule has 0 saturated heterocycles. The molecule has 4 heteroatoms. The second-order valence-electron chi connectivity index (χ2n) is 2.73. The highest BCUT2D eigenvalue weighted by atomic mass is 32.1. The summed E-state index contributed by atoms with van der Waals surface area (Å²) < 4.78 is 5.32. The molecular weight excluding hydrogens is 188 g/mol. The number of hydrogen-bond donors (Lipinski definition) is 1. The summed E-state index contributed by atoms with van der Waals surface area (Å²) in [5, 5.41) is 9.45. The van der Waals surface area contributed by atoms with E-state index in [1.54, 1.807) is 13.0 Å². The molecule has 0 unspecified atom stereocenters. The first-order valence-corrected chi connectivity index (χ1v) is 4.93. The highest BCUT2D eigenvalue weighted by Crippen LogP contribution is 2.28. The molecule has 13 heavy (non-hydrogen) atoms. The molecule has 1 rings (SSSR count). The third-order valence-corrected chi connectivity index (χ3v) is 2.68. The number of aryl methyl sites for hydroxylation is 1. The van der Waals surface area contributed by atoms with Crippen LogP contribution < -0.4 is 4.74 Å². The Hall–Kier alpha value is -1.03. The molecule has 0 aromatic carbocycles. The zero-order valence-corrected chi connectivity index (χ0v) is 8.48. The van der Waals surface area contributed by atoms with Crippen LogP contribution in [-0.2, 0) is 0 Å². The van der Waals surface area contributed by atoms with Crippen molar-refractivity contribution in [3.63, 3.8) is 0 Å². The summed E-state index contributed by atoms with van der Waals surface area (Å²) in [6, 6.07) is 1.77. The van der Waals surface area contributed by atoms with Crippen molar-refractivity contribution in [1.29, 1.82) is 0 Å². The second-order valence-corrected chi connectivity index (χ2v) is 3.75. The Morgan fingerprint density at radius 2 is 2.38 bits per heavy atom. The van der Waals surface area contributed by atoms with Crippen LogP contribution in [-0.4, -0.2) is 17.7 Å². The van der Waals surface area contributed by atoms with E-state index in [-0.39, 0.29) is 0 Å². The Morgan fingerprint density at radius 1 is 1.69 bits per heavy atom. The highest BCUT2D eigenvalue weighted by Gasteiger charge is 2.12. The van der Waals surface area contributed by atoms with Crippen LogP contribution in [0, 0.1) is 6.92 Å². The molecule has 0 bridgehead atoms. The van der Waals surface area contributed by atoms with Gasteiger partial charge in [-0.1, -0.05) is 18.3 Å². The lowest BCUT2D eigenvalue weighted by Gasteiger charge is -1.97. The molecule has 1 aromatic rings. The van der Waals surface area contributed by atoms with Crippen molar-refractivity contribution in [2.75, 3.05) is 6.61 Å². The average molecular weight is 200 g/mol. The number of rotatable bonds is 4. The summed E-state index contributed by atoms with van der Waals surface area (Å²) in [5.74, 6) is -0.881. The zero-order chi connectivity index (χ0) is 9.84. The Morgan fingerprint density at radius 3 is 2.85 bits per heavy atom. The molecule has 0 fully saturated rings. The smallest absolute Gasteiger partial charge is 0.346 e. The van der Waals surface area contributed by atoms with Gasteiger partial charge in [-0.3, -0.25) is 0 Å². The fourth-order valence-electron chi connectivity index (χ4n) is 0.939. The average Bonchev–Trinajstić information content (AvgIpc) is 2.43. The lowest BCUT2D eigenvalue weighted by atomic mass is 10.3. The molecule has 1 heterocycles. The molecule has 0 spiro atoms. The standard InChI is InChI=1S/C9H12O3S/c1-3-4-12-7-5-6(2)8(13-7)9(10)11/h5H,3-4H2,1-2H3,(H,10,11). The monoisotopic (exact) mass is 200 g/mol. The molecule has 0 aliphatic carbocycles. The van der Waals surface area contributed by atoms with Crippen molar-refractivity contribution in [3.8, 4) is 5.06 Å². The molecule has 1 N–H and O–H groups in total. The maximum atomic E-state index is 10.7. The van der Waals surface area contributed by atoms with Gasteiger partial charge in [-0.05, 0) is 25.0 Å². The molecular formula is C9H12O3S. The number of ether oxygens (including phenoxy) is 1. The van der Waals surface area contributed by atoms with Gasteiger partial charge in [-0.2, -0.15) is 0 Å². The maximum absolute atomic E-state index is 10.7. The minimum absolute atomic E-state index is 0.367. The van der Waals surface area contributed by atoms with Crippen molar-refractivity contribution in [1.82, 2.24) is 0 Å². The second kappa shape index (κ2) is 4.28. The van der Waals surface area contributed by atoms with E-state index in [2.05, 4.69) is 0 Å². The van der Waals surface area contributed by atoms with E-state index in [0.29, 0.717) is 16.5 Å². The summed E-state index contributed by atoms with van der Waals surface area (Å²) in [4.78, 5) is 11.0. The minimum Gasteiger partial charge on any atom is -0.484 e. The lowest BCUT2D eigenvalue weighted by molar-refractivity contribution is 0.0701. The predicted octanol–water partition coefficient (Wildman–Crippen LogP) is 2.54. The van der Waals surface area contributed by atoms with Gasteiger partial charge in [0.25, 0.3) is 0 Å². The summed E-state index contributed by atoms with van der Waals surface area (Å²) >= 11 is 1.19. The van der Waals surface area contributed by atoms with E-state index < -0.39 is 5.97 Å². The van der Waals surface area contributed by atoms with E-state index >= 15 is 0 Å². The summed E-state index contributed by atoms with van der Waals surface area (Å²) in [5.41, 5.74) is 0.767. The van der Waals surface area contributed by atoms with Gasteiger partial charge in [-0.25, -0.2) is 4.79 Å². The quantitative estimate of drug-likeness (QED) is 0.812. The van der Waals surface area contributed by atoms with Crippen LogP contribution in [0.1, 0.15) is 28.6 Å². The number of carboxylic acid groups (broad SMARTS) is 1. The molecule has 0 amide bonds. The maximum Gasteiger partial charge on any atom is 0.346 e. The lowest BCUT2D eigenvalue weighted by Crippen LogP contribution is -1.93. The van der Waals surface area contributed by atoms with Gasteiger partial charge in [0, 0.05) is 0 Å². The van der Waals surface area contributed by atoms with E-state index in [0.717, 1.165) is 12.0 Å². The topological polar surface area (TPSA) is 46.5 Å². The van der Waals surface area contributed by atoms with Crippen molar-refractivity contribution in [2.45, 2.75) is 20.3 Å². The van der Waals surface area contributed by atoms with Crippen LogP contribution in [0.3, 0.4) is 0 Å².